The van der Waals surface area contributed by atoms with Gasteiger partial charge in [0.25, 0.3) is 5.56 Å². The summed E-state index contributed by atoms with van der Waals surface area (Å²) in [7, 11) is 0. The molecule has 1 fully saturated rings. The zero-order chi connectivity index (χ0) is 16.8. The minimum atomic E-state index is -0.302. The lowest BCUT2D eigenvalue weighted by Gasteiger charge is -2.20. The molecular weight excluding hydrogens is 311 g/mol. The second-order valence-electron chi connectivity index (χ2n) is 5.64. The maximum absolute atomic E-state index is 12.9. The van der Waals surface area contributed by atoms with Gasteiger partial charge in [-0.3, -0.25) is 4.79 Å². The van der Waals surface area contributed by atoms with E-state index in [9.17, 15) is 9.18 Å². The zero-order valence-corrected chi connectivity index (χ0v) is 13.4. The van der Waals surface area contributed by atoms with Gasteiger partial charge in [-0.05, 0) is 37.2 Å². The van der Waals surface area contributed by atoms with Gasteiger partial charge < -0.3 is 19.5 Å². The largest absolute Gasteiger partial charge is 0.492 e. The topological polar surface area (TPSA) is 59.4 Å². The molecule has 1 aromatic carbocycles. The molecule has 0 spiro atoms. The van der Waals surface area contributed by atoms with Crippen molar-refractivity contribution in [1.82, 2.24) is 14.9 Å². The molecule has 0 aliphatic carbocycles. The summed E-state index contributed by atoms with van der Waals surface area (Å²) in [6, 6.07) is 5.83. The van der Waals surface area contributed by atoms with Gasteiger partial charge in [-0.15, -0.1) is 0 Å². The molecule has 2 aromatic rings. The quantitative estimate of drug-likeness (QED) is 0.893. The van der Waals surface area contributed by atoms with Gasteiger partial charge in [0.15, 0.2) is 5.82 Å². The number of anilines is 1. The zero-order valence-electron chi connectivity index (χ0n) is 13.4. The Morgan fingerprint density at radius 3 is 2.88 bits per heavy atom. The number of hydrogen-bond acceptors (Lipinski definition) is 5. The van der Waals surface area contributed by atoms with Crippen LogP contribution in [0.1, 0.15) is 6.42 Å². The van der Waals surface area contributed by atoms with Crippen LogP contribution in [0.2, 0.25) is 0 Å². The van der Waals surface area contributed by atoms with Gasteiger partial charge >= 0.3 is 0 Å². The predicted molar refractivity (Wildman–Crippen MR) is 90.1 cm³/mol. The number of nitrogens with zero attached hydrogens (tertiary/aromatic N) is 3. The molecule has 1 aliphatic heterocycles. The number of halogens is 1. The molecule has 7 heteroatoms. The molecule has 0 saturated carbocycles. The number of hydrogen-bond donors (Lipinski definition) is 1. The highest BCUT2D eigenvalue weighted by atomic mass is 19.1. The van der Waals surface area contributed by atoms with Crippen molar-refractivity contribution >= 4 is 5.82 Å². The second-order valence-corrected chi connectivity index (χ2v) is 5.64. The SMILES string of the molecule is O=c1c(N2CCCNCC2)nccn1CCOc1ccc(F)cc1. The Balaban J connectivity index is 1.64. The summed E-state index contributed by atoms with van der Waals surface area (Å²) in [4.78, 5) is 18.9. The van der Waals surface area contributed by atoms with Crippen LogP contribution in [-0.4, -0.2) is 42.3 Å². The van der Waals surface area contributed by atoms with E-state index in [1.165, 1.54) is 12.1 Å². The fraction of sp³-hybridized carbons (Fsp3) is 0.412. The summed E-state index contributed by atoms with van der Waals surface area (Å²) in [6.45, 7) is 4.16. The van der Waals surface area contributed by atoms with E-state index >= 15 is 0 Å². The summed E-state index contributed by atoms with van der Waals surface area (Å²) >= 11 is 0. The van der Waals surface area contributed by atoms with Crippen LogP contribution in [0.4, 0.5) is 10.2 Å². The minimum absolute atomic E-state index is 0.109. The average Bonchev–Trinajstić information content (AvgIpc) is 2.87. The van der Waals surface area contributed by atoms with Crippen molar-refractivity contribution in [3.05, 3.63) is 52.8 Å². The Morgan fingerprint density at radius 2 is 2.04 bits per heavy atom. The van der Waals surface area contributed by atoms with Gasteiger partial charge in [-0.1, -0.05) is 0 Å². The van der Waals surface area contributed by atoms with Crippen LogP contribution >= 0.6 is 0 Å². The molecule has 2 heterocycles. The predicted octanol–water partition coefficient (Wildman–Crippen LogP) is 1.26. The Hall–Kier alpha value is -2.41. The molecule has 1 aromatic heterocycles. The summed E-state index contributed by atoms with van der Waals surface area (Å²) in [5.74, 6) is 0.768. The first-order valence-corrected chi connectivity index (χ1v) is 8.13. The lowest BCUT2D eigenvalue weighted by molar-refractivity contribution is 0.296. The minimum Gasteiger partial charge on any atom is -0.492 e. The van der Waals surface area contributed by atoms with Crippen LogP contribution in [0.25, 0.3) is 0 Å². The molecule has 0 atom stereocenters. The Morgan fingerprint density at radius 1 is 1.21 bits per heavy atom. The molecule has 128 valence electrons. The normalized spacial score (nSPS) is 15.1. The Kier molecular flexibility index (Phi) is 5.43. The van der Waals surface area contributed by atoms with Gasteiger partial charge in [0, 0.05) is 32.0 Å². The standard InChI is InChI=1S/C17H21FN4O2/c18-14-2-4-15(5-3-14)24-13-12-22-11-8-20-16(17(22)23)21-9-1-6-19-7-10-21/h2-5,8,11,19H,1,6-7,9-10,12-13H2. The first-order valence-electron chi connectivity index (χ1n) is 8.13. The monoisotopic (exact) mass is 332 g/mol. The first-order chi connectivity index (χ1) is 11.7. The second kappa shape index (κ2) is 7.92. The summed E-state index contributed by atoms with van der Waals surface area (Å²) in [6.07, 6.45) is 4.30. The van der Waals surface area contributed by atoms with E-state index in [4.69, 9.17) is 4.74 Å². The lowest BCUT2D eigenvalue weighted by Crippen LogP contribution is -2.36. The third-order valence-electron chi connectivity index (χ3n) is 3.95. The molecule has 24 heavy (non-hydrogen) atoms. The Labute approximate surface area is 139 Å². The van der Waals surface area contributed by atoms with Crippen molar-refractivity contribution in [1.29, 1.82) is 0 Å². The van der Waals surface area contributed by atoms with E-state index in [-0.39, 0.29) is 11.4 Å². The van der Waals surface area contributed by atoms with Crippen LogP contribution in [0.15, 0.2) is 41.5 Å². The molecule has 1 saturated heterocycles. The molecule has 0 radical (unpaired) electrons. The number of benzene rings is 1. The number of aromatic nitrogens is 2. The number of ether oxygens (including phenoxy) is 1. The van der Waals surface area contributed by atoms with E-state index in [1.807, 2.05) is 4.90 Å². The summed E-state index contributed by atoms with van der Waals surface area (Å²) in [5.41, 5.74) is -0.109. The number of nitrogens with one attached hydrogen (secondary N) is 1. The third-order valence-corrected chi connectivity index (χ3v) is 3.95. The van der Waals surface area contributed by atoms with Crippen molar-refractivity contribution in [2.75, 3.05) is 37.7 Å². The van der Waals surface area contributed by atoms with E-state index in [0.29, 0.717) is 24.7 Å². The van der Waals surface area contributed by atoms with Crippen LogP contribution in [0, 0.1) is 5.82 Å². The highest BCUT2D eigenvalue weighted by Crippen LogP contribution is 2.11. The van der Waals surface area contributed by atoms with E-state index < -0.39 is 0 Å². The third kappa shape index (κ3) is 4.11. The molecular formula is C17H21FN4O2. The van der Waals surface area contributed by atoms with Gasteiger partial charge in [0.05, 0.1) is 6.54 Å². The van der Waals surface area contributed by atoms with Crippen molar-refractivity contribution in [3.8, 4) is 5.75 Å². The van der Waals surface area contributed by atoms with E-state index in [2.05, 4.69) is 10.3 Å². The maximum Gasteiger partial charge on any atom is 0.293 e. The summed E-state index contributed by atoms with van der Waals surface area (Å²) < 4.78 is 20.0. The smallest absolute Gasteiger partial charge is 0.293 e. The van der Waals surface area contributed by atoms with E-state index in [0.717, 1.165) is 32.6 Å². The van der Waals surface area contributed by atoms with Crippen molar-refractivity contribution in [2.45, 2.75) is 13.0 Å². The highest BCUT2D eigenvalue weighted by molar-refractivity contribution is 5.35. The first kappa shape index (κ1) is 16.4. The molecule has 0 amide bonds. The lowest BCUT2D eigenvalue weighted by atomic mass is 10.3. The van der Waals surface area contributed by atoms with Crippen molar-refractivity contribution in [2.24, 2.45) is 0 Å². The highest BCUT2D eigenvalue weighted by Gasteiger charge is 2.15. The van der Waals surface area contributed by atoms with Gasteiger partial charge in [0.1, 0.15) is 18.2 Å². The van der Waals surface area contributed by atoms with Crippen LogP contribution in [0.5, 0.6) is 5.75 Å². The van der Waals surface area contributed by atoms with E-state index in [1.54, 1.807) is 29.1 Å². The van der Waals surface area contributed by atoms with Crippen molar-refractivity contribution in [3.63, 3.8) is 0 Å². The molecule has 1 aliphatic rings. The molecule has 0 bridgehead atoms. The van der Waals surface area contributed by atoms with Gasteiger partial charge in [-0.2, -0.15) is 0 Å². The van der Waals surface area contributed by atoms with Gasteiger partial charge in [0.2, 0.25) is 0 Å². The van der Waals surface area contributed by atoms with Crippen molar-refractivity contribution < 1.29 is 9.13 Å². The van der Waals surface area contributed by atoms with Crippen LogP contribution in [-0.2, 0) is 6.54 Å². The molecule has 0 unspecified atom stereocenters. The molecule has 6 nitrogen and oxygen atoms in total. The van der Waals surface area contributed by atoms with Crippen LogP contribution < -0.4 is 20.5 Å². The van der Waals surface area contributed by atoms with Gasteiger partial charge in [-0.25, -0.2) is 9.37 Å². The fourth-order valence-electron chi connectivity index (χ4n) is 2.68. The maximum atomic E-state index is 12.9. The molecule has 3 rings (SSSR count). The molecule has 1 N–H and O–H groups in total. The van der Waals surface area contributed by atoms with Crippen LogP contribution in [0.3, 0.4) is 0 Å². The average molecular weight is 332 g/mol. The fourth-order valence-corrected chi connectivity index (χ4v) is 2.68. The number of rotatable bonds is 5. The Bertz CT molecular complexity index is 709. The summed E-state index contributed by atoms with van der Waals surface area (Å²) in [5, 5.41) is 3.31.